The zero-order valence-corrected chi connectivity index (χ0v) is 11.2. The molecule has 3 unspecified atom stereocenters. The third kappa shape index (κ3) is 2.74. The first-order valence-corrected chi connectivity index (χ1v) is 7.34. The summed E-state index contributed by atoms with van der Waals surface area (Å²) < 4.78 is 5.39. The maximum Gasteiger partial charge on any atom is 0.226 e. The topological polar surface area (TPSA) is 51.0 Å². The highest BCUT2D eigenvalue weighted by Crippen LogP contribution is 2.36. The van der Waals surface area contributed by atoms with Crippen LogP contribution in [0.2, 0.25) is 0 Å². The molecule has 1 aliphatic heterocycles. The number of nitrogens with one attached hydrogen (secondary N) is 1. The van der Waals surface area contributed by atoms with Crippen molar-refractivity contribution in [1.29, 1.82) is 0 Å². The van der Waals surface area contributed by atoms with Gasteiger partial charge in [-0.3, -0.25) is 0 Å². The van der Waals surface area contributed by atoms with Crippen LogP contribution in [0.25, 0.3) is 0 Å². The molecule has 1 saturated heterocycles. The van der Waals surface area contributed by atoms with Gasteiger partial charge in [0.25, 0.3) is 0 Å². The predicted octanol–water partition coefficient (Wildman–Crippen LogP) is 2.52. The number of aromatic nitrogens is 2. The molecule has 0 amide bonds. The summed E-state index contributed by atoms with van der Waals surface area (Å²) in [5, 5.41) is 7.57. The Bertz CT molecular complexity index is 384. The van der Waals surface area contributed by atoms with Crippen LogP contribution in [0.15, 0.2) is 4.52 Å². The van der Waals surface area contributed by atoms with Gasteiger partial charge in [0.1, 0.15) is 0 Å². The quantitative estimate of drug-likeness (QED) is 0.891. The van der Waals surface area contributed by atoms with Crippen molar-refractivity contribution in [1.82, 2.24) is 15.5 Å². The molecule has 4 nitrogen and oxygen atoms in total. The number of rotatable bonds is 4. The summed E-state index contributed by atoms with van der Waals surface area (Å²) in [7, 11) is 0. The molecule has 1 N–H and O–H groups in total. The fraction of sp³-hybridized carbons (Fsp3) is 0.857. The summed E-state index contributed by atoms with van der Waals surface area (Å²) in [5.74, 6) is 3.97. The van der Waals surface area contributed by atoms with E-state index in [1.165, 1.54) is 38.6 Å². The van der Waals surface area contributed by atoms with Crippen LogP contribution in [0.3, 0.4) is 0 Å². The third-order valence-corrected chi connectivity index (χ3v) is 4.47. The summed E-state index contributed by atoms with van der Waals surface area (Å²) >= 11 is 0. The van der Waals surface area contributed by atoms with Gasteiger partial charge in [0.15, 0.2) is 5.82 Å². The number of hydrogen-bond acceptors (Lipinski definition) is 4. The van der Waals surface area contributed by atoms with Crippen molar-refractivity contribution in [2.75, 3.05) is 13.1 Å². The van der Waals surface area contributed by atoms with Crippen molar-refractivity contribution in [2.24, 2.45) is 11.8 Å². The van der Waals surface area contributed by atoms with Gasteiger partial charge in [-0.05, 0) is 57.0 Å². The lowest BCUT2D eigenvalue weighted by Crippen LogP contribution is -2.09. The van der Waals surface area contributed by atoms with Crippen molar-refractivity contribution in [3.05, 3.63) is 11.7 Å². The molecule has 3 atom stereocenters. The van der Waals surface area contributed by atoms with Gasteiger partial charge in [0, 0.05) is 12.3 Å². The Labute approximate surface area is 109 Å². The molecule has 0 bridgehead atoms. The van der Waals surface area contributed by atoms with E-state index in [1.54, 1.807) is 0 Å². The summed E-state index contributed by atoms with van der Waals surface area (Å²) in [5.41, 5.74) is 0. The van der Waals surface area contributed by atoms with Gasteiger partial charge in [0.05, 0.1) is 0 Å². The summed E-state index contributed by atoms with van der Waals surface area (Å²) in [6.07, 6.45) is 7.18. The molecule has 1 aliphatic carbocycles. The minimum atomic E-state index is 0.547. The van der Waals surface area contributed by atoms with E-state index in [9.17, 15) is 0 Å². The minimum Gasteiger partial charge on any atom is -0.339 e. The highest BCUT2D eigenvalue weighted by atomic mass is 16.5. The van der Waals surface area contributed by atoms with Gasteiger partial charge in [-0.2, -0.15) is 4.98 Å². The molecule has 2 aliphatic rings. The van der Waals surface area contributed by atoms with Crippen LogP contribution in [0.1, 0.15) is 56.7 Å². The first kappa shape index (κ1) is 12.2. The average molecular weight is 249 g/mol. The summed E-state index contributed by atoms with van der Waals surface area (Å²) in [6, 6.07) is 0. The number of hydrogen-bond donors (Lipinski definition) is 1. The molecule has 3 rings (SSSR count). The van der Waals surface area contributed by atoms with Crippen LogP contribution in [0.4, 0.5) is 0 Å². The van der Waals surface area contributed by atoms with Crippen LogP contribution in [0.5, 0.6) is 0 Å². The van der Waals surface area contributed by atoms with E-state index in [-0.39, 0.29) is 0 Å². The second-order valence-electron chi connectivity index (χ2n) is 6.06. The van der Waals surface area contributed by atoms with E-state index in [0.717, 1.165) is 36.5 Å². The second kappa shape index (κ2) is 5.39. The summed E-state index contributed by atoms with van der Waals surface area (Å²) in [4.78, 5) is 4.59. The average Bonchev–Trinajstić information content (AvgIpc) is 3.07. The van der Waals surface area contributed by atoms with E-state index in [1.807, 2.05) is 0 Å². The highest BCUT2D eigenvalue weighted by Gasteiger charge is 2.27. The zero-order chi connectivity index (χ0) is 12.4. The standard InChI is InChI=1S/C14H23N3O/c1-10-2-4-12(8-10)14-16-13(18-17-14)5-3-11-6-7-15-9-11/h10-12,15H,2-9H2,1H3. The van der Waals surface area contributed by atoms with Gasteiger partial charge in [-0.25, -0.2) is 0 Å². The fourth-order valence-electron chi connectivity index (χ4n) is 3.27. The Morgan fingerprint density at radius 2 is 2.28 bits per heavy atom. The first-order chi connectivity index (χ1) is 8.81. The monoisotopic (exact) mass is 249 g/mol. The molecule has 1 aromatic heterocycles. The van der Waals surface area contributed by atoms with Gasteiger partial charge in [-0.15, -0.1) is 0 Å². The molecule has 2 heterocycles. The molecule has 0 aromatic carbocycles. The van der Waals surface area contributed by atoms with Crippen LogP contribution >= 0.6 is 0 Å². The fourth-order valence-corrected chi connectivity index (χ4v) is 3.27. The third-order valence-electron chi connectivity index (χ3n) is 4.47. The first-order valence-electron chi connectivity index (χ1n) is 7.34. The normalized spacial score (nSPS) is 32.2. The van der Waals surface area contributed by atoms with Crippen LogP contribution < -0.4 is 5.32 Å². The minimum absolute atomic E-state index is 0.547. The number of nitrogens with zero attached hydrogens (tertiary/aromatic N) is 2. The smallest absolute Gasteiger partial charge is 0.226 e. The lowest BCUT2D eigenvalue weighted by molar-refractivity contribution is 0.357. The lowest BCUT2D eigenvalue weighted by atomic mass is 10.0. The lowest BCUT2D eigenvalue weighted by Gasteiger charge is -2.04. The van der Waals surface area contributed by atoms with Crippen molar-refractivity contribution in [3.63, 3.8) is 0 Å². The largest absolute Gasteiger partial charge is 0.339 e. The Balaban J connectivity index is 1.52. The number of aryl methyl sites for hydroxylation is 1. The molecule has 18 heavy (non-hydrogen) atoms. The molecule has 1 saturated carbocycles. The molecule has 0 spiro atoms. The van der Waals surface area contributed by atoms with Crippen molar-refractivity contribution in [2.45, 2.75) is 51.4 Å². The van der Waals surface area contributed by atoms with E-state index in [0.29, 0.717) is 5.92 Å². The van der Waals surface area contributed by atoms with Crippen LogP contribution in [-0.4, -0.2) is 23.2 Å². The van der Waals surface area contributed by atoms with Gasteiger partial charge >= 0.3 is 0 Å². The van der Waals surface area contributed by atoms with Gasteiger partial charge in [-0.1, -0.05) is 12.1 Å². The van der Waals surface area contributed by atoms with Gasteiger partial charge in [0.2, 0.25) is 5.89 Å². The Kier molecular flexibility index (Phi) is 3.64. The van der Waals surface area contributed by atoms with Crippen LogP contribution in [-0.2, 0) is 6.42 Å². The Morgan fingerprint density at radius 3 is 3.00 bits per heavy atom. The second-order valence-corrected chi connectivity index (χ2v) is 6.06. The van der Waals surface area contributed by atoms with E-state index in [2.05, 4.69) is 22.4 Å². The molecule has 4 heteroatoms. The van der Waals surface area contributed by atoms with Gasteiger partial charge < -0.3 is 9.84 Å². The van der Waals surface area contributed by atoms with E-state index in [4.69, 9.17) is 4.52 Å². The SMILES string of the molecule is CC1CCC(c2noc(CCC3CCNC3)n2)C1. The van der Waals surface area contributed by atoms with E-state index < -0.39 is 0 Å². The molecule has 2 fully saturated rings. The predicted molar refractivity (Wildman–Crippen MR) is 69.4 cm³/mol. The van der Waals surface area contributed by atoms with Crippen LogP contribution in [0, 0.1) is 11.8 Å². The maximum absolute atomic E-state index is 5.39. The van der Waals surface area contributed by atoms with E-state index >= 15 is 0 Å². The molecule has 0 radical (unpaired) electrons. The molecule has 1 aromatic rings. The molecular weight excluding hydrogens is 226 g/mol. The van der Waals surface area contributed by atoms with Crippen molar-refractivity contribution in [3.8, 4) is 0 Å². The Hall–Kier alpha value is -0.900. The molecular formula is C14H23N3O. The maximum atomic E-state index is 5.39. The summed E-state index contributed by atoms with van der Waals surface area (Å²) in [6.45, 7) is 4.63. The highest BCUT2D eigenvalue weighted by molar-refractivity contribution is 4.99. The zero-order valence-electron chi connectivity index (χ0n) is 11.2. The van der Waals surface area contributed by atoms with Crippen molar-refractivity contribution >= 4 is 0 Å². The Morgan fingerprint density at radius 1 is 1.33 bits per heavy atom. The molecule has 100 valence electrons. The van der Waals surface area contributed by atoms with Crippen molar-refractivity contribution < 1.29 is 4.52 Å².